The van der Waals surface area contributed by atoms with E-state index >= 15 is 0 Å². The highest BCUT2D eigenvalue weighted by atomic mass is 16.4. The number of carbonyl (C=O) groups excluding carboxylic acids is 3. The fourth-order valence-electron chi connectivity index (χ4n) is 3.04. The largest absolute Gasteiger partial charge is 0.480 e. The lowest BCUT2D eigenvalue weighted by Crippen LogP contribution is -2.58. The zero-order chi connectivity index (χ0) is 26.3. The standard InChI is InChI=1S/C21H42N8O5/c1-4-12(2)16(29-17(30)13(3)23)19(32)27-14(9-7-11-26-21(24)25)18(31)28-15(20(33)34)8-5-6-10-22/h12-16H,4-11,22-23H2,1-3H3,(H,27,32)(H,28,31)(H,29,30)(H,33,34)(H4,24,25,26). The van der Waals surface area contributed by atoms with E-state index in [1.807, 2.05) is 6.92 Å². The van der Waals surface area contributed by atoms with Crippen molar-refractivity contribution in [3.8, 4) is 0 Å². The molecule has 0 saturated heterocycles. The van der Waals surface area contributed by atoms with Crippen molar-refractivity contribution in [1.29, 1.82) is 0 Å². The van der Waals surface area contributed by atoms with Crippen LogP contribution in [0.1, 0.15) is 59.3 Å². The van der Waals surface area contributed by atoms with Gasteiger partial charge in [0.2, 0.25) is 17.7 Å². The molecule has 0 aliphatic carbocycles. The predicted molar refractivity (Wildman–Crippen MR) is 129 cm³/mol. The Labute approximate surface area is 200 Å². The Morgan fingerprint density at radius 3 is 1.97 bits per heavy atom. The SMILES string of the molecule is CCC(C)C(NC(=O)C(C)N)C(=O)NC(CCCN=C(N)N)C(=O)NC(CCCCN)C(=O)O. The Kier molecular flexibility index (Phi) is 15.2. The van der Waals surface area contributed by atoms with Crippen molar-refractivity contribution in [2.45, 2.75) is 83.5 Å². The molecule has 13 heteroatoms. The van der Waals surface area contributed by atoms with Crippen LogP contribution in [0.2, 0.25) is 0 Å². The van der Waals surface area contributed by atoms with Crippen molar-refractivity contribution in [2.75, 3.05) is 13.1 Å². The molecular weight excluding hydrogens is 444 g/mol. The van der Waals surface area contributed by atoms with Gasteiger partial charge in [-0.2, -0.15) is 0 Å². The quantitative estimate of drug-likeness (QED) is 0.0649. The summed E-state index contributed by atoms with van der Waals surface area (Å²) < 4.78 is 0. The zero-order valence-electron chi connectivity index (χ0n) is 20.4. The summed E-state index contributed by atoms with van der Waals surface area (Å²) in [5.74, 6) is -3.25. The van der Waals surface area contributed by atoms with Crippen molar-refractivity contribution >= 4 is 29.7 Å². The van der Waals surface area contributed by atoms with E-state index in [1.165, 1.54) is 6.92 Å². The van der Waals surface area contributed by atoms with Crippen LogP contribution in [0.5, 0.6) is 0 Å². The van der Waals surface area contributed by atoms with Gasteiger partial charge in [-0.3, -0.25) is 19.4 Å². The smallest absolute Gasteiger partial charge is 0.326 e. The average Bonchev–Trinajstić information content (AvgIpc) is 2.77. The minimum atomic E-state index is -1.18. The lowest BCUT2D eigenvalue weighted by Gasteiger charge is -2.27. The summed E-state index contributed by atoms with van der Waals surface area (Å²) in [6.07, 6.45) is 2.43. The molecule has 0 heterocycles. The van der Waals surface area contributed by atoms with E-state index in [1.54, 1.807) is 6.92 Å². The number of aliphatic imine (C=N–C) groups is 1. The number of carboxylic acids is 1. The van der Waals surface area contributed by atoms with Crippen molar-refractivity contribution in [2.24, 2.45) is 33.8 Å². The van der Waals surface area contributed by atoms with Gasteiger partial charge in [-0.25, -0.2) is 4.79 Å². The number of amides is 3. The van der Waals surface area contributed by atoms with E-state index in [-0.39, 0.29) is 31.3 Å². The van der Waals surface area contributed by atoms with E-state index in [4.69, 9.17) is 22.9 Å². The minimum Gasteiger partial charge on any atom is -0.480 e. The van der Waals surface area contributed by atoms with Crippen LogP contribution in [0.15, 0.2) is 4.99 Å². The fourth-order valence-corrected chi connectivity index (χ4v) is 3.04. The molecule has 0 aromatic rings. The van der Waals surface area contributed by atoms with Gasteiger partial charge in [0, 0.05) is 6.54 Å². The summed E-state index contributed by atoms with van der Waals surface area (Å²) in [7, 11) is 0. The van der Waals surface area contributed by atoms with Gasteiger partial charge in [-0.15, -0.1) is 0 Å². The van der Waals surface area contributed by atoms with Crippen LogP contribution in [0, 0.1) is 5.92 Å². The molecule has 0 aliphatic rings. The van der Waals surface area contributed by atoms with Crippen molar-refractivity contribution in [3.05, 3.63) is 0 Å². The minimum absolute atomic E-state index is 0.105. The molecule has 0 aromatic heterocycles. The second-order valence-electron chi connectivity index (χ2n) is 8.35. The molecule has 12 N–H and O–H groups in total. The maximum atomic E-state index is 13.0. The summed E-state index contributed by atoms with van der Waals surface area (Å²) in [5, 5.41) is 17.2. The van der Waals surface area contributed by atoms with Gasteiger partial charge in [0.15, 0.2) is 5.96 Å². The zero-order valence-corrected chi connectivity index (χ0v) is 20.4. The Balaban J connectivity index is 5.55. The van der Waals surface area contributed by atoms with Gasteiger partial charge in [-0.05, 0) is 51.5 Å². The molecule has 0 bridgehead atoms. The molecule has 0 aromatic carbocycles. The van der Waals surface area contributed by atoms with E-state index < -0.39 is 47.9 Å². The Morgan fingerprint density at radius 1 is 0.882 bits per heavy atom. The van der Waals surface area contributed by atoms with E-state index in [0.717, 1.165) is 0 Å². The van der Waals surface area contributed by atoms with Gasteiger partial charge in [0.1, 0.15) is 18.1 Å². The number of carboxylic acid groups (broad SMARTS) is 1. The highest BCUT2D eigenvalue weighted by molar-refractivity contribution is 5.94. The van der Waals surface area contributed by atoms with Crippen LogP contribution >= 0.6 is 0 Å². The fraction of sp³-hybridized carbons (Fsp3) is 0.762. The molecule has 0 aliphatic heterocycles. The summed E-state index contributed by atoms with van der Waals surface area (Å²) in [5.41, 5.74) is 21.7. The lowest BCUT2D eigenvalue weighted by atomic mass is 9.97. The number of nitrogens with one attached hydrogen (secondary N) is 3. The van der Waals surface area contributed by atoms with Gasteiger partial charge >= 0.3 is 5.97 Å². The van der Waals surface area contributed by atoms with Gasteiger partial charge in [0.05, 0.1) is 6.04 Å². The molecule has 0 saturated carbocycles. The Bertz CT molecular complexity index is 697. The predicted octanol–water partition coefficient (Wildman–Crippen LogP) is -1.90. The number of aliphatic carboxylic acids is 1. The van der Waals surface area contributed by atoms with Crippen LogP contribution in [-0.2, 0) is 19.2 Å². The Hall–Kier alpha value is -2.93. The highest BCUT2D eigenvalue weighted by Gasteiger charge is 2.31. The third kappa shape index (κ3) is 12.3. The summed E-state index contributed by atoms with van der Waals surface area (Å²) >= 11 is 0. The first kappa shape index (κ1) is 31.1. The van der Waals surface area contributed by atoms with Crippen molar-refractivity contribution in [3.63, 3.8) is 0 Å². The molecule has 0 spiro atoms. The topological polar surface area (TPSA) is 241 Å². The number of hydrogen-bond donors (Lipinski definition) is 8. The maximum Gasteiger partial charge on any atom is 0.326 e. The van der Waals surface area contributed by atoms with Crippen molar-refractivity contribution < 1.29 is 24.3 Å². The first-order valence-corrected chi connectivity index (χ1v) is 11.6. The van der Waals surface area contributed by atoms with Crippen LogP contribution in [0.4, 0.5) is 0 Å². The molecule has 5 atom stereocenters. The molecule has 34 heavy (non-hydrogen) atoms. The van der Waals surface area contributed by atoms with Crippen LogP contribution < -0.4 is 38.9 Å². The number of unbranched alkanes of at least 4 members (excludes halogenated alkanes) is 1. The molecule has 196 valence electrons. The number of carbonyl (C=O) groups is 4. The second-order valence-corrected chi connectivity index (χ2v) is 8.35. The summed E-state index contributed by atoms with van der Waals surface area (Å²) in [4.78, 5) is 53.5. The molecule has 0 fully saturated rings. The average molecular weight is 487 g/mol. The molecule has 13 nitrogen and oxygen atoms in total. The summed E-state index contributed by atoms with van der Waals surface area (Å²) in [6.45, 7) is 5.78. The number of hydrogen-bond acceptors (Lipinski definition) is 7. The summed E-state index contributed by atoms with van der Waals surface area (Å²) in [6, 6.07) is -3.92. The van der Waals surface area contributed by atoms with Gasteiger partial charge in [0.25, 0.3) is 0 Å². The van der Waals surface area contributed by atoms with Gasteiger partial charge < -0.3 is 44.0 Å². The third-order valence-electron chi connectivity index (χ3n) is 5.35. The van der Waals surface area contributed by atoms with E-state index in [2.05, 4.69) is 20.9 Å². The first-order chi connectivity index (χ1) is 15.9. The van der Waals surface area contributed by atoms with Crippen LogP contribution in [0.25, 0.3) is 0 Å². The molecule has 3 amide bonds. The van der Waals surface area contributed by atoms with Crippen LogP contribution in [-0.4, -0.2) is 72.0 Å². The number of nitrogens with zero attached hydrogens (tertiary/aromatic N) is 1. The van der Waals surface area contributed by atoms with E-state index in [9.17, 15) is 24.3 Å². The lowest BCUT2D eigenvalue weighted by molar-refractivity contribution is -0.142. The number of guanidine groups is 1. The van der Waals surface area contributed by atoms with Gasteiger partial charge in [-0.1, -0.05) is 20.3 Å². The van der Waals surface area contributed by atoms with Crippen LogP contribution in [0.3, 0.4) is 0 Å². The third-order valence-corrected chi connectivity index (χ3v) is 5.35. The molecule has 5 unspecified atom stereocenters. The number of rotatable bonds is 17. The molecule has 0 radical (unpaired) electrons. The number of nitrogens with two attached hydrogens (primary N) is 4. The Morgan fingerprint density at radius 2 is 1.47 bits per heavy atom. The maximum absolute atomic E-state index is 13.0. The van der Waals surface area contributed by atoms with E-state index in [0.29, 0.717) is 32.2 Å². The second kappa shape index (κ2) is 16.6. The molecular formula is C21H42N8O5. The highest BCUT2D eigenvalue weighted by Crippen LogP contribution is 2.10. The normalized spacial score (nSPS) is 15.2. The monoisotopic (exact) mass is 486 g/mol. The molecule has 0 rings (SSSR count). The first-order valence-electron chi connectivity index (χ1n) is 11.6. The van der Waals surface area contributed by atoms with Crippen molar-refractivity contribution in [1.82, 2.24) is 16.0 Å².